The quantitative estimate of drug-likeness (QED) is 0.420. The molecule has 1 fully saturated rings. The van der Waals surface area contributed by atoms with Crippen molar-refractivity contribution in [3.63, 3.8) is 0 Å². The minimum atomic E-state index is -0.277. The molecule has 1 amide bonds. The van der Waals surface area contributed by atoms with Gasteiger partial charge in [-0.05, 0) is 62.5 Å². The molecule has 9 heteroatoms. The Balaban J connectivity index is 1.44. The molecule has 0 unspecified atom stereocenters. The molecule has 31 heavy (non-hydrogen) atoms. The van der Waals surface area contributed by atoms with E-state index in [1.807, 2.05) is 11.8 Å². The third-order valence-electron chi connectivity index (χ3n) is 5.71. The maximum atomic E-state index is 12.7. The second-order valence-electron chi connectivity index (χ2n) is 7.68. The second kappa shape index (κ2) is 9.82. The van der Waals surface area contributed by atoms with Crippen molar-refractivity contribution in [2.45, 2.75) is 39.0 Å². The Morgan fingerprint density at radius 2 is 1.90 bits per heavy atom. The summed E-state index contributed by atoms with van der Waals surface area (Å²) in [4.78, 5) is 30.3. The lowest BCUT2D eigenvalue weighted by atomic mass is 10.1. The number of aryl methyl sites for hydroxylation is 1. The number of nitrogens with one attached hydrogen (secondary N) is 1. The lowest BCUT2D eigenvalue weighted by Gasteiger charge is -2.35. The van der Waals surface area contributed by atoms with Gasteiger partial charge >= 0.3 is 5.97 Å². The summed E-state index contributed by atoms with van der Waals surface area (Å²) in [7, 11) is 0. The highest BCUT2D eigenvalue weighted by Crippen LogP contribution is 2.38. The summed E-state index contributed by atoms with van der Waals surface area (Å²) >= 11 is 7.29. The van der Waals surface area contributed by atoms with Gasteiger partial charge in [-0.2, -0.15) is 0 Å². The van der Waals surface area contributed by atoms with Gasteiger partial charge in [0.1, 0.15) is 5.00 Å². The van der Waals surface area contributed by atoms with E-state index in [1.54, 1.807) is 28.4 Å². The van der Waals surface area contributed by atoms with Crippen molar-refractivity contribution < 1.29 is 18.7 Å². The summed E-state index contributed by atoms with van der Waals surface area (Å²) in [6.07, 6.45) is 6.82. The Kier molecular flexibility index (Phi) is 6.92. The summed E-state index contributed by atoms with van der Waals surface area (Å²) < 4.78 is 10.6. The number of hydrogen-bond donors (Lipinski definition) is 1. The highest BCUT2D eigenvalue weighted by atomic mass is 32.1. The van der Waals surface area contributed by atoms with Gasteiger partial charge < -0.3 is 24.3 Å². The van der Waals surface area contributed by atoms with Crippen LogP contribution in [0.25, 0.3) is 0 Å². The number of furan rings is 1. The van der Waals surface area contributed by atoms with Gasteiger partial charge in [0.05, 0.1) is 18.4 Å². The largest absolute Gasteiger partial charge is 0.462 e. The number of ether oxygens (including phenoxy) is 1. The molecule has 4 rings (SSSR count). The number of nitrogens with zero attached hydrogens (tertiary/aromatic N) is 2. The Morgan fingerprint density at radius 3 is 2.61 bits per heavy atom. The van der Waals surface area contributed by atoms with Gasteiger partial charge in [0, 0.05) is 31.1 Å². The predicted molar refractivity (Wildman–Crippen MR) is 124 cm³/mol. The number of hydrogen-bond acceptors (Lipinski definition) is 6. The van der Waals surface area contributed by atoms with Crippen LogP contribution in [0, 0.1) is 0 Å². The number of piperazine rings is 1. The molecule has 0 radical (unpaired) electrons. The van der Waals surface area contributed by atoms with Crippen molar-refractivity contribution in [3.05, 3.63) is 40.2 Å². The average Bonchev–Trinajstić information content (AvgIpc) is 3.36. The maximum absolute atomic E-state index is 12.7. The third kappa shape index (κ3) is 4.77. The van der Waals surface area contributed by atoms with Crippen LogP contribution >= 0.6 is 23.6 Å². The monoisotopic (exact) mass is 461 g/mol. The van der Waals surface area contributed by atoms with Crippen LogP contribution in [0.5, 0.6) is 0 Å². The van der Waals surface area contributed by atoms with Crippen LogP contribution in [0.3, 0.4) is 0 Å². The van der Waals surface area contributed by atoms with Gasteiger partial charge in [-0.1, -0.05) is 6.42 Å². The third-order valence-corrected chi connectivity index (χ3v) is 7.27. The van der Waals surface area contributed by atoms with Crippen LogP contribution < -0.4 is 5.32 Å². The molecule has 0 aromatic carbocycles. The molecule has 7 nitrogen and oxygen atoms in total. The van der Waals surface area contributed by atoms with Gasteiger partial charge in [0.2, 0.25) is 0 Å². The van der Waals surface area contributed by atoms with Crippen LogP contribution in [0.15, 0.2) is 22.8 Å². The van der Waals surface area contributed by atoms with E-state index in [9.17, 15) is 9.59 Å². The molecule has 3 heterocycles. The smallest absolute Gasteiger partial charge is 0.341 e. The summed E-state index contributed by atoms with van der Waals surface area (Å²) in [5.41, 5.74) is 1.78. The molecule has 0 spiro atoms. The Labute approximate surface area is 191 Å². The van der Waals surface area contributed by atoms with E-state index in [-0.39, 0.29) is 11.9 Å². The number of rotatable bonds is 4. The molecule has 2 aromatic rings. The zero-order chi connectivity index (χ0) is 21.8. The fraction of sp³-hybridized carbons (Fsp3) is 0.500. The van der Waals surface area contributed by atoms with Crippen LogP contribution in [-0.2, 0) is 17.6 Å². The van der Waals surface area contributed by atoms with Gasteiger partial charge in [-0.25, -0.2) is 4.79 Å². The number of carbonyl (C=O) groups is 2. The molecule has 1 N–H and O–H groups in total. The molecule has 2 aromatic heterocycles. The van der Waals surface area contributed by atoms with Crippen molar-refractivity contribution in [2.24, 2.45) is 0 Å². The molecule has 0 bridgehead atoms. The zero-order valence-electron chi connectivity index (χ0n) is 17.6. The van der Waals surface area contributed by atoms with Gasteiger partial charge in [-0.15, -0.1) is 11.3 Å². The summed E-state index contributed by atoms with van der Waals surface area (Å²) in [6.45, 7) is 4.54. The van der Waals surface area contributed by atoms with Crippen molar-refractivity contribution in [1.29, 1.82) is 0 Å². The molecule has 1 aliphatic heterocycles. The number of carbonyl (C=O) groups excluding carboxylic acids is 2. The normalized spacial score (nSPS) is 16.4. The molecule has 2 aliphatic rings. The molecule has 0 saturated carbocycles. The highest BCUT2D eigenvalue weighted by molar-refractivity contribution is 7.80. The lowest BCUT2D eigenvalue weighted by Crippen LogP contribution is -2.51. The topological polar surface area (TPSA) is 75.0 Å². The van der Waals surface area contributed by atoms with Gasteiger partial charge in [-0.3, -0.25) is 4.79 Å². The molecule has 1 aliphatic carbocycles. The Morgan fingerprint density at radius 1 is 1.16 bits per heavy atom. The first-order chi connectivity index (χ1) is 15.1. The first-order valence-corrected chi connectivity index (χ1v) is 12.0. The van der Waals surface area contributed by atoms with Gasteiger partial charge in [0.25, 0.3) is 5.91 Å². The van der Waals surface area contributed by atoms with Gasteiger partial charge in [0.15, 0.2) is 10.9 Å². The second-order valence-corrected chi connectivity index (χ2v) is 9.17. The maximum Gasteiger partial charge on any atom is 0.341 e. The van der Waals surface area contributed by atoms with Crippen LogP contribution in [0.2, 0.25) is 0 Å². The predicted octanol–water partition coefficient (Wildman–Crippen LogP) is 3.94. The number of anilines is 1. The standard InChI is InChI=1S/C22H27N3O4S2/c1-2-28-21(27)18-15-7-4-3-5-9-17(15)31-19(18)23-22(30)25-12-10-24(11-13-25)20(26)16-8-6-14-29-16/h6,8,14H,2-5,7,9-13H2,1H3,(H,23,30). The molecular weight excluding hydrogens is 434 g/mol. The number of amides is 1. The van der Waals surface area contributed by atoms with Crippen molar-refractivity contribution in [1.82, 2.24) is 9.80 Å². The minimum absolute atomic E-state index is 0.102. The van der Waals surface area contributed by atoms with E-state index in [0.717, 1.165) is 36.2 Å². The number of esters is 1. The molecule has 1 saturated heterocycles. The minimum Gasteiger partial charge on any atom is -0.462 e. The van der Waals surface area contributed by atoms with E-state index >= 15 is 0 Å². The summed E-state index contributed by atoms with van der Waals surface area (Å²) in [5, 5.41) is 4.68. The molecule has 166 valence electrons. The van der Waals surface area contributed by atoms with Crippen molar-refractivity contribution in [3.8, 4) is 0 Å². The van der Waals surface area contributed by atoms with E-state index < -0.39 is 0 Å². The first kappa shape index (κ1) is 21.8. The SMILES string of the molecule is CCOC(=O)c1c(NC(=S)N2CCN(C(=O)c3ccco3)CC2)sc2c1CCCCC2. The Hall–Kier alpha value is -2.39. The fourth-order valence-corrected chi connectivity index (χ4v) is 5.72. The van der Waals surface area contributed by atoms with Crippen molar-refractivity contribution >= 4 is 45.5 Å². The summed E-state index contributed by atoms with van der Waals surface area (Å²) in [5.74, 6) is -0.0236. The van der Waals surface area contributed by atoms with Crippen LogP contribution in [-0.4, -0.2) is 59.6 Å². The van der Waals surface area contributed by atoms with E-state index in [4.69, 9.17) is 21.4 Å². The highest BCUT2D eigenvalue weighted by Gasteiger charge is 2.28. The number of fused-ring (bicyclic) bond motifs is 1. The lowest BCUT2D eigenvalue weighted by molar-refractivity contribution is 0.0526. The number of thiocarbonyl (C=S) groups is 1. The molecule has 0 atom stereocenters. The van der Waals surface area contributed by atoms with Crippen LogP contribution in [0.1, 0.15) is 57.5 Å². The Bertz CT molecular complexity index is 946. The van der Waals surface area contributed by atoms with E-state index in [0.29, 0.717) is 49.2 Å². The molecular formula is C22H27N3O4S2. The van der Waals surface area contributed by atoms with E-state index in [2.05, 4.69) is 5.32 Å². The van der Waals surface area contributed by atoms with E-state index in [1.165, 1.54) is 17.6 Å². The number of thiophene rings is 1. The fourth-order valence-electron chi connectivity index (χ4n) is 4.09. The summed E-state index contributed by atoms with van der Waals surface area (Å²) in [6, 6.07) is 3.39. The average molecular weight is 462 g/mol. The first-order valence-electron chi connectivity index (χ1n) is 10.8. The zero-order valence-corrected chi connectivity index (χ0v) is 19.3. The van der Waals surface area contributed by atoms with Crippen molar-refractivity contribution in [2.75, 3.05) is 38.1 Å². The van der Waals surface area contributed by atoms with Crippen LogP contribution in [0.4, 0.5) is 5.00 Å².